The van der Waals surface area contributed by atoms with Gasteiger partial charge in [-0.3, -0.25) is 4.55 Å². The van der Waals surface area contributed by atoms with Crippen molar-refractivity contribution in [2.75, 3.05) is 0 Å². The number of carbonyl (C=O) groups excluding carboxylic acids is 2. The van der Waals surface area contributed by atoms with Crippen molar-refractivity contribution in [2.45, 2.75) is 71.0 Å². The number of hydrogen-bond donors (Lipinski definition) is 1. The molecule has 0 aliphatic rings. The van der Waals surface area contributed by atoms with Gasteiger partial charge in [0.25, 0.3) is 10.1 Å². The van der Waals surface area contributed by atoms with Gasteiger partial charge < -0.3 is 19.8 Å². The van der Waals surface area contributed by atoms with Crippen molar-refractivity contribution >= 4 is 32.8 Å². The molecular weight excluding hydrogens is 443 g/mol. The molecule has 0 bridgehead atoms. The molecule has 0 spiro atoms. The van der Waals surface area contributed by atoms with Crippen LogP contribution >= 0.6 is 0 Å². The van der Waals surface area contributed by atoms with E-state index in [2.05, 4.69) is 71.9 Å². The van der Waals surface area contributed by atoms with E-state index in [-0.39, 0.29) is 29.6 Å². The smallest absolute Gasteiger partial charge is 0.550 e. The van der Waals surface area contributed by atoms with Crippen LogP contribution in [-0.4, -0.2) is 30.2 Å². The van der Waals surface area contributed by atoms with Crippen molar-refractivity contribution in [1.82, 2.24) is 0 Å². The Balaban J connectivity index is 0.000000647. The summed E-state index contributed by atoms with van der Waals surface area (Å²) in [7, 11) is -4.94. The van der Waals surface area contributed by atoms with Gasteiger partial charge in [0, 0.05) is 12.4 Å². The van der Waals surface area contributed by atoms with Crippen molar-refractivity contribution in [1.29, 1.82) is 0 Å². The molecular formula is C23H30NaO7S-. The van der Waals surface area contributed by atoms with Gasteiger partial charge in [-0.1, -0.05) is 71.9 Å². The van der Waals surface area contributed by atoms with Crippen molar-refractivity contribution in [2.24, 2.45) is 0 Å². The van der Waals surface area contributed by atoms with Gasteiger partial charge in [-0.15, -0.1) is 0 Å². The molecule has 7 nitrogen and oxygen atoms in total. The Bertz CT molecular complexity index is 1040. The second-order valence-corrected chi connectivity index (χ2v) is 9.98. The van der Waals surface area contributed by atoms with Crippen molar-refractivity contribution in [3.63, 3.8) is 0 Å². The largest absolute Gasteiger partial charge is 1.00 e. The minimum absolute atomic E-state index is 0. The second kappa shape index (κ2) is 12.7. The average molecular weight is 474 g/mol. The van der Waals surface area contributed by atoms with Gasteiger partial charge in [-0.05, 0) is 45.2 Å². The first kappa shape index (κ1) is 30.6. The summed E-state index contributed by atoms with van der Waals surface area (Å²) in [6, 6.07) is 11.2. The molecule has 0 aromatic heterocycles. The third-order valence-electron chi connectivity index (χ3n) is 4.91. The zero-order chi connectivity index (χ0) is 24.1. The summed E-state index contributed by atoms with van der Waals surface area (Å²) in [5.74, 6) is -2.34. The maximum atomic E-state index is 10.2. The summed E-state index contributed by atoms with van der Waals surface area (Å²) in [6.45, 7) is 13.9. The minimum atomic E-state index is -4.94. The van der Waals surface area contributed by atoms with Gasteiger partial charge in [0.05, 0.1) is 5.97 Å². The van der Waals surface area contributed by atoms with Crippen LogP contribution in [0.25, 0.3) is 10.8 Å². The molecule has 9 heteroatoms. The number of carboxylic acids is 2. The quantitative estimate of drug-likeness (QED) is 0.417. The molecule has 0 amide bonds. The number of fused-ring (bicyclic) bond motifs is 1. The van der Waals surface area contributed by atoms with E-state index in [4.69, 9.17) is 4.55 Å². The third-order valence-corrected chi connectivity index (χ3v) is 5.99. The third kappa shape index (κ3) is 8.15. The first-order valence-electron chi connectivity index (χ1n) is 10.1. The normalized spacial score (nSPS) is 12.3. The van der Waals surface area contributed by atoms with E-state index in [0.717, 1.165) is 0 Å². The summed E-state index contributed by atoms with van der Waals surface area (Å²) in [5.41, 5.74) is 4.65. The van der Waals surface area contributed by atoms with E-state index < -0.39 is 33.7 Å². The predicted molar refractivity (Wildman–Crippen MR) is 116 cm³/mol. The Morgan fingerprint density at radius 3 is 1.75 bits per heavy atom. The van der Waals surface area contributed by atoms with Crippen LogP contribution in [0.3, 0.4) is 0 Å². The van der Waals surface area contributed by atoms with Crippen molar-refractivity contribution in [3.8, 4) is 0 Å². The molecule has 0 fully saturated rings. The van der Waals surface area contributed by atoms with Crippen LogP contribution < -0.4 is 39.8 Å². The van der Waals surface area contributed by atoms with Crippen LogP contribution in [0.5, 0.6) is 0 Å². The van der Waals surface area contributed by atoms with Crippen LogP contribution in [0.4, 0.5) is 0 Å². The molecule has 2 rings (SSSR count). The van der Waals surface area contributed by atoms with Crippen LogP contribution in [0.2, 0.25) is 0 Å². The fourth-order valence-electron chi connectivity index (χ4n) is 3.62. The Kier molecular flexibility index (Phi) is 12.1. The molecule has 0 saturated heterocycles. The van der Waals surface area contributed by atoms with E-state index >= 15 is 0 Å². The number of hydrogen-bond acceptors (Lipinski definition) is 6. The number of carboxylic acid groups (broad SMARTS) is 2. The Morgan fingerprint density at radius 1 is 0.906 bits per heavy atom. The summed E-state index contributed by atoms with van der Waals surface area (Å²) in [5, 5.41) is 20.1. The first-order chi connectivity index (χ1) is 14.2. The zero-order valence-corrected chi connectivity index (χ0v) is 22.5. The summed E-state index contributed by atoms with van der Waals surface area (Å²) < 4.78 is 28.5. The summed E-state index contributed by atoms with van der Waals surface area (Å²) in [6.07, 6.45) is -1.33. The molecule has 0 aliphatic carbocycles. The molecule has 172 valence electrons. The maximum Gasteiger partial charge on any atom is 1.00 e. The molecule has 32 heavy (non-hydrogen) atoms. The van der Waals surface area contributed by atoms with E-state index in [1.807, 2.05) is 0 Å². The Labute approximate surface area is 212 Å². The first-order valence-corrected chi connectivity index (χ1v) is 11.6. The molecule has 0 heterocycles. The fraction of sp³-hybridized carbons (Fsp3) is 0.478. The summed E-state index contributed by atoms with van der Waals surface area (Å²) in [4.78, 5) is 19.7. The zero-order valence-electron chi connectivity index (χ0n) is 19.7. The van der Waals surface area contributed by atoms with Gasteiger partial charge in [-0.2, -0.15) is 8.42 Å². The molecule has 0 saturated carbocycles. The van der Waals surface area contributed by atoms with Crippen LogP contribution in [0.15, 0.2) is 30.3 Å². The molecule has 2 aromatic rings. The van der Waals surface area contributed by atoms with E-state index in [1.54, 1.807) is 11.1 Å². The molecule has 0 radical (unpaired) electrons. The summed E-state index contributed by atoms with van der Waals surface area (Å²) >= 11 is 0. The van der Waals surface area contributed by atoms with Crippen LogP contribution in [0.1, 0.15) is 82.4 Å². The maximum absolute atomic E-state index is 10.2. The number of rotatable bonds is 7. The molecule has 2 aromatic carbocycles. The number of carbonyl (C=O) groups is 2. The molecule has 1 N–H and O–H groups in total. The van der Waals surface area contributed by atoms with Gasteiger partial charge >= 0.3 is 29.6 Å². The van der Waals surface area contributed by atoms with E-state index in [0.29, 0.717) is 17.8 Å². The van der Waals surface area contributed by atoms with Crippen LogP contribution in [-0.2, 0) is 19.7 Å². The second-order valence-electron chi connectivity index (χ2n) is 8.38. The number of aliphatic carboxylic acids is 2. The average Bonchev–Trinajstić information content (AvgIpc) is 2.63. The van der Waals surface area contributed by atoms with Gasteiger partial charge in [0.15, 0.2) is 0 Å². The minimum Gasteiger partial charge on any atom is -0.550 e. The van der Waals surface area contributed by atoms with Crippen molar-refractivity contribution < 1.29 is 62.3 Å². The van der Waals surface area contributed by atoms with Gasteiger partial charge in [0.1, 0.15) is 5.25 Å². The van der Waals surface area contributed by atoms with E-state index in [1.165, 1.54) is 16.3 Å². The van der Waals surface area contributed by atoms with E-state index in [9.17, 15) is 28.2 Å². The molecule has 1 atom stereocenters. The Morgan fingerprint density at radius 2 is 1.41 bits per heavy atom. The van der Waals surface area contributed by atoms with Gasteiger partial charge in [0.2, 0.25) is 0 Å². The topological polar surface area (TPSA) is 135 Å². The fourth-order valence-corrected chi connectivity index (χ4v) is 4.21. The Hall–Kier alpha value is -1.45. The number of benzene rings is 2. The molecule has 0 aliphatic heterocycles. The SMILES string of the molecule is CC(C)c1cc2ccccc2c(C(C)C)c1C(C)C.O=C([O-])CC(C(=O)[O-])S(=O)(=O)O.[Na+]. The predicted octanol–water partition coefficient (Wildman–Crippen LogP) is -0.653. The molecule has 1 unspecified atom stereocenters. The standard InChI is InChI=1S/C19H26.C4H6O7S.Na/c1-12(2)17-11-15-9-7-8-10-16(15)18(13(3)4)19(17)14(5)6;5-3(6)1-2(4(7)8)12(9,10)11;/h7-14H,1-6H3;2H,1H2,(H,5,6)(H,7,8)(H,9,10,11);/q;;+1/p-2. The van der Waals surface area contributed by atoms with Crippen molar-refractivity contribution in [3.05, 3.63) is 47.0 Å². The monoisotopic (exact) mass is 473 g/mol. The van der Waals surface area contributed by atoms with Gasteiger partial charge in [-0.25, -0.2) is 0 Å². The van der Waals surface area contributed by atoms with Crippen LogP contribution in [0, 0.1) is 0 Å².